The largest absolute Gasteiger partial charge is 0.382 e. The molecule has 1 aromatic carbocycles. The molecule has 2 rings (SSSR count). The standard InChI is InChI=1S/C10H10ClN3S/c1-15-10-6-9(12)13-14(10)8-5-3-2-4-7(8)11/h2-6H,1H3,(H2,12,13). The number of hydrogen-bond donors (Lipinski definition) is 1. The molecular weight excluding hydrogens is 230 g/mol. The zero-order valence-corrected chi connectivity index (χ0v) is 9.72. The number of anilines is 1. The van der Waals surface area contributed by atoms with E-state index < -0.39 is 0 Å². The molecule has 0 aliphatic rings. The average Bonchev–Trinajstić information content (AvgIpc) is 2.60. The number of hydrogen-bond acceptors (Lipinski definition) is 3. The molecule has 0 fully saturated rings. The highest BCUT2D eigenvalue weighted by atomic mass is 35.5. The van der Waals surface area contributed by atoms with Gasteiger partial charge in [0, 0.05) is 6.07 Å². The number of thioether (sulfide) groups is 1. The first-order chi connectivity index (χ1) is 7.22. The lowest BCUT2D eigenvalue weighted by molar-refractivity contribution is 0.808. The minimum absolute atomic E-state index is 0.499. The smallest absolute Gasteiger partial charge is 0.147 e. The zero-order chi connectivity index (χ0) is 10.8. The van der Waals surface area contributed by atoms with Crippen molar-refractivity contribution >= 4 is 29.2 Å². The van der Waals surface area contributed by atoms with Crippen molar-refractivity contribution in [3.8, 4) is 5.69 Å². The molecule has 3 nitrogen and oxygen atoms in total. The summed E-state index contributed by atoms with van der Waals surface area (Å²) in [6.07, 6.45) is 1.98. The van der Waals surface area contributed by atoms with E-state index in [2.05, 4.69) is 5.10 Å². The molecule has 0 unspecified atom stereocenters. The summed E-state index contributed by atoms with van der Waals surface area (Å²) in [7, 11) is 0. The molecular formula is C10H10ClN3S. The van der Waals surface area contributed by atoms with Gasteiger partial charge in [-0.3, -0.25) is 0 Å². The highest BCUT2D eigenvalue weighted by molar-refractivity contribution is 7.98. The van der Waals surface area contributed by atoms with E-state index in [0.29, 0.717) is 10.8 Å². The van der Waals surface area contributed by atoms with Crippen LogP contribution in [0.3, 0.4) is 0 Å². The normalized spacial score (nSPS) is 10.5. The van der Waals surface area contributed by atoms with Gasteiger partial charge in [0.2, 0.25) is 0 Å². The lowest BCUT2D eigenvalue weighted by Gasteiger charge is -2.06. The van der Waals surface area contributed by atoms with E-state index in [1.54, 1.807) is 16.4 Å². The molecule has 0 radical (unpaired) electrons. The van der Waals surface area contributed by atoms with E-state index in [4.69, 9.17) is 17.3 Å². The van der Waals surface area contributed by atoms with Crippen LogP contribution in [0.15, 0.2) is 35.4 Å². The van der Waals surface area contributed by atoms with E-state index in [1.165, 1.54) is 0 Å². The van der Waals surface area contributed by atoms with E-state index in [1.807, 2.05) is 36.6 Å². The van der Waals surface area contributed by atoms with Crippen molar-refractivity contribution in [1.29, 1.82) is 0 Å². The topological polar surface area (TPSA) is 43.8 Å². The molecule has 0 amide bonds. The van der Waals surface area contributed by atoms with Crippen LogP contribution in [0.25, 0.3) is 5.69 Å². The van der Waals surface area contributed by atoms with Gasteiger partial charge in [-0.05, 0) is 18.4 Å². The molecule has 15 heavy (non-hydrogen) atoms. The predicted octanol–water partition coefficient (Wildman–Crippen LogP) is 2.83. The third-order valence-electron chi connectivity index (χ3n) is 1.99. The van der Waals surface area contributed by atoms with Crippen molar-refractivity contribution in [2.45, 2.75) is 5.03 Å². The van der Waals surface area contributed by atoms with Crippen LogP contribution in [0, 0.1) is 0 Å². The first-order valence-electron chi connectivity index (χ1n) is 4.37. The molecule has 5 heteroatoms. The van der Waals surface area contributed by atoms with Crippen LogP contribution in [0.5, 0.6) is 0 Å². The van der Waals surface area contributed by atoms with Crippen molar-refractivity contribution < 1.29 is 0 Å². The highest BCUT2D eigenvalue weighted by Crippen LogP contribution is 2.26. The molecule has 0 atom stereocenters. The summed E-state index contributed by atoms with van der Waals surface area (Å²) in [5, 5.41) is 5.84. The number of nitrogen functional groups attached to an aromatic ring is 1. The Hall–Kier alpha value is -1.13. The SMILES string of the molecule is CSc1cc(N)nn1-c1ccccc1Cl. The van der Waals surface area contributed by atoms with Crippen LogP contribution < -0.4 is 5.73 Å². The lowest BCUT2D eigenvalue weighted by atomic mass is 10.3. The second-order valence-corrected chi connectivity index (χ2v) is 4.21. The monoisotopic (exact) mass is 239 g/mol. The first kappa shape index (κ1) is 10.4. The number of nitrogens with two attached hydrogens (primary N) is 1. The Morgan fingerprint density at radius 3 is 2.80 bits per heavy atom. The summed E-state index contributed by atoms with van der Waals surface area (Å²) in [5.41, 5.74) is 6.50. The maximum Gasteiger partial charge on any atom is 0.147 e. The highest BCUT2D eigenvalue weighted by Gasteiger charge is 2.09. The fourth-order valence-corrected chi connectivity index (χ4v) is 2.09. The van der Waals surface area contributed by atoms with Gasteiger partial charge in [0.05, 0.1) is 10.7 Å². The quantitative estimate of drug-likeness (QED) is 0.820. The first-order valence-corrected chi connectivity index (χ1v) is 5.97. The van der Waals surface area contributed by atoms with Crippen LogP contribution in [0.4, 0.5) is 5.82 Å². The zero-order valence-electron chi connectivity index (χ0n) is 8.14. The fourth-order valence-electron chi connectivity index (χ4n) is 1.32. The van der Waals surface area contributed by atoms with Gasteiger partial charge in [-0.25, -0.2) is 4.68 Å². The molecule has 78 valence electrons. The number of rotatable bonds is 2. The second kappa shape index (κ2) is 4.16. The Kier molecular flexibility index (Phi) is 2.88. The molecule has 0 bridgehead atoms. The molecule has 1 heterocycles. The van der Waals surface area contributed by atoms with Crippen molar-refractivity contribution in [3.05, 3.63) is 35.4 Å². The summed E-state index contributed by atoms with van der Waals surface area (Å²) in [6.45, 7) is 0. The molecule has 2 N–H and O–H groups in total. The maximum atomic E-state index is 6.09. The summed E-state index contributed by atoms with van der Waals surface area (Å²) < 4.78 is 1.75. The van der Waals surface area contributed by atoms with Crippen LogP contribution in [0.2, 0.25) is 5.02 Å². The molecule has 2 aromatic rings. The summed E-state index contributed by atoms with van der Waals surface area (Å²) >= 11 is 7.67. The van der Waals surface area contributed by atoms with Gasteiger partial charge in [-0.2, -0.15) is 0 Å². The van der Waals surface area contributed by atoms with E-state index in [-0.39, 0.29) is 0 Å². The Morgan fingerprint density at radius 1 is 1.40 bits per heavy atom. The Bertz CT molecular complexity index is 481. The maximum absolute atomic E-state index is 6.09. The van der Waals surface area contributed by atoms with Gasteiger partial charge in [-0.1, -0.05) is 23.7 Å². The van der Waals surface area contributed by atoms with Crippen molar-refractivity contribution in [1.82, 2.24) is 9.78 Å². The van der Waals surface area contributed by atoms with Crippen molar-refractivity contribution in [3.63, 3.8) is 0 Å². The van der Waals surface area contributed by atoms with Crippen LogP contribution in [0.1, 0.15) is 0 Å². The minimum atomic E-state index is 0.499. The van der Waals surface area contributed by atoms with Gasteiger partial charge < -0.3 is 5.73 Å². The second-order valence-electron chi connectivity index (χ2n) is 2.97. The van der Waals surface area contributed by atoms with E-state index in [9.17, 15) is 0 Å². The summed E-state index contributed by atoms with van der Waals surface area (Å²) in [5.74, 6) is 0.499. The van der Waals surface area contributed by atoms with Gasteiger partial charge in [0.1, 0.15) is 10.8 Å². The molecule has 0 aliphatic heterocycles. The van der Waals surface area contributed by atoms with Gasteiger partial charge in [0.15, 0.2) is 0 Å². The van der Waals surface area contributed by atoms with Crippen molar-refractivity contribution in [2.24, 2.45) is 0 Å². The Labute approximate surface area is 97.2 Å². The number of para-hydroxylation sites is 1. The number of halogens is 1. The Morgan fingerprint density at radius 2 is 2.13 bits per heavy atom. The minimum Gasteiger partial charge on any atom is -0.382 e. The van der Waals surface area contributed by atoms with Crippen LogP contribution in [-0.2, 0) is 0 Å². The van der Waals surface area contributed by atoms with Crippen molar-refractivity contribution in [2.75, 3.05) is 12.0 Å². The van der Waals surface area contributed by atoms with E-state index >= 15 is 0 Å². The van der Waals surface area contributed by atoms with Gasteiger partial charge >= 0.3 is 0 Å². The number of nitrogens with zero attached hydrogens (tertiary/aromatic N) is 2. The predicted molar refractivity (Wildman–Crippen MR) is 64.8 cm³/mol. The summed E-state index contributed by atoms with van der Waals surface area (Å²) in [4.78, 5) is 0. The number of aromatic nitrogens is 2. The lowest BCUT2D eigenvalue weighted by Crippen LogP contribution is -1.99. The van der Waals surface area contributed by atoms with Gasteiger partial charge in [0.25, 0.3) is 0 Å². The average molecular weight is 240 g/mol. The van der Waals surface area contributed by atoms with Crippen LogP contribution in [-0.4, -0.2) is 16.0 Å². The Balaban J connectivity index is 2.58. The van der Waals surface area contributed by atoms with E-state index in [0.717, 1.165) is 10.7 Å². The molecule has 1 aromatic heterocycles. The summed E-state index contributed by atoms with van der Waals surface area (Å²) in [6, 6.07) is 9.38. The molecule has 0 spiro atoms. The molecule has 0 saturated heterocycles. The molecule has 0 aliphatic carbocycles. The third kappa shape index (κ3) is 1.96. The number of benzene rings is 1. The molecule has 0 saturated carbocycles. The van der Waals surface area contributed by atoms with Crippen LogP contribution >= 0.6 is 23.4 Å². The van der Waals surface area contributed by atoms with Gasteiger partial charge in [-0.15, -0.1) is 16.9 Å². The fraction of sp³-hybridized carbons (Fsp3) is 0.100. The third-order valence-corrected chi connectivity index (χ3v) is 3.01.